The minimum absolute atomic E-state index is 0. The van der Waals surface area contributed by atoms with Crippen molar-refractivity contribution in [1.82, 2.24) is 21.3 Å². The van der Waals surface area contributed by atoms with Gasteiger partial charge in [0.1, 0.15) is 0 Å². The average Bonchev–Trinajstić information content (AvgIpc) is 2.43. The molecule has 1 fully saturated rings. The van der Waals surface area contributed by atoms with Crippen molar-refractivity contribution in [2.75, 3.05) is 26.2 Å². The summed E-state index contributed by atoms with van der Waals surface area (Å²) in [6.07, 6.45) is 2.29. The molecule has 0 spiro atoms. The maximum absolute atomic E-state index is 8.49. The Kier molecular flexibility index (Phi) is 19.0. The van der Waals surface area contributed by atoms with Crippen LogP contribution in [0.5, 0.6) is 0 Å². The predicted octanol–water partition coefficient (Wildman–Crippen LogP) is -8.04. The molecule has 31 heavy (non-hydrogen) atoms. The normalized spacial score (nSPS) is 25.4. The fourth-order valence-corrected chi connectivity index (χ4v) is 3.26. The Bertz CT molecular complexity index is 402. The van der Waals surface area contributed by atoms with Crippen LogP contribution in [-0.4, -0.2) is 49.3 Å². The Morgan fingerprint density at radius 3 is 1.03 bits per heavy atom. The molecule has 0 aromatic heterocycles. The standard InChI is InChI=1S/C16H36N4.2ClHO4.Ni/c1-13-11-15(3,4)19-10-8-18-14(2)12-16(5,6)20-9-7-17-13;2*2-1(3,4)5;/h13-14,17-20H,7-12H2,1-6H3;2*(H,2,3,4,5);/q;;;+2/p-2. The summed E-state index contributed by atoms with van der Waals surface area (Å²) in [7, 11) is -9.89. The van der Waals surface area contributed by atoms with E-state index in [1.807, 2.05) is 0 Å². The zero-order valence-corrected chi connectivity index (χ0v) is 21.2. The number of nitrogens with one attached hydrogen (secondary N) is 4. The molecule has 12 nitrogen and oxygen atoms in total. The zero-order chi connectivity index (χ0) is 24.2. The molecular formula is C16H36Cl2N4NiO8. The van der Waals surface area contributed by atoms with Crippen LogP contribution in [0.4, 0.5) is 0 Å². The van der Waals surface area contributed by atoms with Crippen LogP contribution >= 0.6 is 0 Å². The molecule has 0 aromatic rings. The van der Waals surface area contributed by atoms with Crippen molar-refractivity contribution in [2.24, 2.45) is 0 Å². The average molecular weight is 542 g/mol. The topological polar surface area (TPSA) is 233 Å². The Balaban J connectivity index is -0.000000595. The molecule has 1 rings (SSSR count). The molecule has 0 saturated carbocycles. The van der Waals surface area contributed by atoms with E-state index in [4.69, 9.17) is 37.3 Å². The van der Waals surface area contributed by atoms with Crippen LogP contribution in [0, 0.1) is 20.5 Å². The maximum Gasteiger partial charge on any atom is 2.00 e. The minimum Gasteiger partial charge on any atom is -0.313 e. The van der Waals surface area contributed by atoms with Crippen molar-refractivity contribution in [3.8, 4) is 0 Å². The van der Waals surface area contributed by atoms with Crippen LogP contribution in [0.2, 0.25) is 0 Å². The smallest absolute Gasteiger partial charge is 0.313 e. The second-order valence-electron chi connectivity index (χ2n) is 8.50. The van der Waals surface area contributed by atoms with Gasteiger partial charge in [0.15, 0.2) is 0 Å². The summed E-state index contributed by atoms with van der Waals surface area (Å²) in [6, 6.07) is 1.08. The van der Waals surface area contributed by atoms with Gasteiger partial charge in [-0.2, -0.15) is 0 Å². The fourth-order valence-electron chi connectivity index (χ4n) is 3.26. The summed E-state index contributed by atoms with van der Waals surface area (Å²) in [6.45, 7) is 17.8. The van der Waals surface area contributed by atoms with Crippen molar-refractivity contribution >= 4 is 0 Å². The van der Waals surface area contributed by atoms with E-state index in [0.717, 1.165) is 39.0 Å². The third-order valence-corrected chi connectivity index (χ3v) is 4.08. The molecule has 4 N–H and O–H groups in total. The van der Waals surface area contributed by atoms with Gasteiger partial charge in [-0.1, -0.05) is 0 Å². The summed E-state index contributed by atoms with van der Waals surface area (Å²) in [5, 5.41) is 14.6. The van der Waals surface area contributed by atoms with Gasteiger partial charge in [0, 0.05) is 49.3 Å². The summed E-state index contributed by atoms with van der Waals surface area (Å²) < 4.78 is 67.9. The molecule has 0 aliphatic carbocycles. The van der Waals surface area contributed by atoms with Crippen molar-refractivity contribution in [1.29, 1.82) is 0 Å². The van der Waals surface area contributed by atoms with Gasteiger partial charge in [-0.25, -0.2) is 37.3 Å². The number of halogens is 2. The van der Waals surface area contributed by atoms with Gasteiger partial charge in [0.2, 0.25) is 0 Å². The van der Waals surface area contributed by atoms with Crippen LogP contribution in [0.1, 0.15) is 54.4 Å². The van der Waals surface area contributed by atoms with Crippen LogP contribution in [-0.2, 0) is 16.5 Å². The Labute approximate surface area is 199 Å². The monoisotopic (exact) mass is 540 g/mol. The summed E-state index contributed by atoms with van der Waals surface area (Å²) in [4.78, 5) is 0. The van der Waals surface area contributed by atoms with Crippen molar-refractivity contribution in [3.63, 3.8) is 0 Å². The molecule has 1 saturated heterocycles. The third kappa shape index (κ3) is 35.4. The molecule has 1 heterocycles. The van der Waals surface area contributed by atoms with Crippen molar-refractivity contribution in [2.45, 2.75) is 77.5 Å². The van der Waals surface area contributed by atoms with E-state index < -0.39 is 20.5 Å². The number of rotatable bonds is 0. The van der Waals surface area contributed by atoms with E-state index in [0.29, 0.717) is 12.1 Å². The Morgan fingerprint density at radius 2 is 0.806 bits per heavy atom. The van der Waals surface area contributed by atoms with Gasteiger partial charge in [0.05, 0.1) is 0 Å². The van der Waals surface area contributed by atoms with E-state index >= 15 is 0 Å². The van der Waals surface area contributed by atoms with Gasteiger partial charge >= 0.3 is 16.5 Å². The van der Waals surface area contributed by atoms with E-state index in [-0.39, 0.29) is 27.6 Å². The van der Waals surface area contributed by atoms with Crippen molar-refractivity contribution < 1.29 is 74.2 Å². The molecule has 0 radical (unpaired) electrons. The quantitative estimate of drug-likeness (QED) is 0.209. The van der Waals surface area contributed by atoms with Gasteiger partial charge in [-0.3, -0.25) is 0 Å². The second-order valence-corrected chi connectivity index (χ2v) is 10.0. The molecular weight excluding hydrogens is 506 g/mol. The van der Waals surface area contributed by atoms with E-state index in [2.05, 4.69) is 62.8 Å². The number of hydrogen-bond acceptors (Lipinski definition) is 12. The van der Waals surface area contributed by atoms with Gasteiger partial charge in [-0.05, 0) is 54.4 Å². The van der Waals surface area contributed by atoms with Gasteiger partial charge < -0.3 is 21.3 Å². The largest absolute Gasteiger partial charge is 2.00 e. The molecule has 1 aliphatic heterocycles. The van der Waals surface area contributed by atoms with Crippen LogP contribution in [0.25, 0.3) is 0 Å². The SMILES string of the molecule is CC1CC(C)(C)NCCNC(C)CC(C)(C)NCCN1.[Ni+2].[O-][Cl+3]([O-])([O-])[O-].[O-][Cl+3]([O-])([O-])[O-]. The molecule has 2 atom stereocenters. The Morgan fingerprint density at radius 1 is 0.581 bits per heavy atom. The fraction of sp³-hybridized carbons (Fsp3) is 1.00. The first-order valence-electron chi connectivity index (χ1n) is 9.40. The summed E-state index contributed by atoms with van der Waals surface area (Å²) in [5.74, 6) is 0. The molecule has 0 amide bonds. The van der Waals surface area contributed by atoms with Gasteiger partial charge in [-0.15, -0.1) is 20.5 Å². The maximum atomic E-state index is 8.49. The molecule has 0 aromatic carbocycles. The molecule has 1 aliphatic rings. The Hall–Kier alpha value is 0.594. The summed E-state index contributed by atoms with van der Waals surface area (Å²) >= 11 is 0. The molecule has 192 valence electrons. The van der Waals surface area contributed by atoms with Crippen LogP contribution in [0.3, 0.4) is 0 Å². The van der Waals surface area contributed by atoms with Gasteiger partial charge in [0.25, 0.3) is 0 Å². The predicted molar refractivity (Wildman–Crippen MR) is 88.3 cm³/mol. The first kappa shape index (κ1) is 36.2. The molecule has 0 bridgehead atoms. The number of hydrogen-bond donors (Lipinski definition) is 4. The van der Waals surface area contributed by atoms with Crippen LogP contribution in [0.15, 0.2) is 0 Å². The van der Waals surface area contributed by atoms with E-state index in [9.17, 15) is 0 Å². The van der Waals surface area contributed by atoms with E-state index in [1.54, 1.807) is 0 Å². The van der Waals surface area contributed by atoms with Crippen molar-refractivity contribution in [3.05, 3.63) is 0 Å². The van der Waals surface area contributed by atoms with Crippen LogP contribution < -0.4 is 58.5 Å². The third-order valence-electron chi connectivity index (χ3n) is 4.08. The second kappa shape index (κ2) is 16.3. The summed E-state index contributed by atoms with van der Waals surface area (Å²) in [5.41, 5.74) is 0.377. The first-order valence-corrected chi connectivity index (χ1v) is 11.9. The molecule has 2 unspecified atom stereocenters. The first-order chi connectivity index (χ1) is 13.2. The molecule has 15 heteroatoms. The van der Waals surface area contributed by atoms with E-state index in [1.165, 1.54) is 0 Å². The minimum atomic E-state index is -4.94. The zero-order valence-electron chi connectivity index (χ0n) is 18.7.